The maximum Gasteiger partial charge on any atom is 0.238 e. The van der Waals surface area contributed by atoms with E-state index >= 15 is 0 Å². The molecule has 1 aliphatic rings. The van der Waals surface area contributed by atoms with Crippen molar-refractivity contribution in [1.29, 1.82) is 0 Å². The van der Waals surface area contributed by atoms with Gasteiger partial charge in [-0.3, -0.25) is 4.79 Å². The molecule has 0 radical (unpaired) electrons. The fourth-order valence-electron chi connectivity index (χ4n) is 1.37. The van der Waals surface area contributed by atoms with Gasteiger partial charge < -0.3 is 10.4 Å². The molecule has 0 aromatic carbocycles. The van der Waals surface area contributed by atoms with Crippen molar-refractivity contribution in [3.05, 3.63) is 0 Å². The van der Waals surface area contributed by atoms with Gasteiger partial charge in [-0.2, -0.15) is 4.31 Å². The Kier molecular flexibility index (Phi) is 3.46. The van der Waals surface area contributed by atoms with E-state index in [1.165, 1.54) is 6.92 Å². The van der Waals surface area contributed by atoms with Crippen LogP contribution in [0.1, 0.15) is 6.92 Å². The molecule has 7 heteroatoms. The Bertz CT molecular complexity index is 314. The zero-order chi connectivity index (χ0) is 10.8. The molecule has 0 aromatic rings. The Morgan fingerprint density at radius 2 is 2.29 bits per heavy atom. The molecule has 1 amide bonds. The molecular weight excluding hydrogens is 208 g/mol. The number of amides is 1. The van der Waals surface area contributed by atoms with E-state index in [4.69, 9.17) is 5.11 Å². The van der Waals surface area contributed by atoms with Crippen LogP contribution in [0.15, 0.2) is 0 Å². The van der Waals surface area contributed by atoms with Crippen LogP contribution in [0, 0.1) is 0 Å². The maximum absolute atomic E-state index is 11.5. The molecule has 0 spiro atoms. The predicted molar refractivity (Wildman–Crippen MR) is 50.1 cm³/mol. The van der Waals surface area contributed by atoms with Crippen molar-refractivity contribution in [2.75, 3.05) is 25.4 Å². The molecule has 14 heavy (non-hydrogen) atoms. The maximum atomic E-state index is 11.5. The van der Waals surface area contributed by atoms with Gasteiger partial charge in [-0.15, -0.1) is 0 Å². The van der Waals surface area contributed by atoms with Gasteiger partial charge in [0.15, 0.2) is 0 Å². The molecule has 1 atom stereocenters. The fourth-order valence-corrected chi connectivity index (χ4v) is 2.79. The minimum Gasteiger partial charge on any atom is -0.395 e. The second-order valence-corrected chi connectivity index (χ2v) is 5.16. The Labute approximate surface area is 82.9 Å². The molecular formula is C7H14N2O4S. The molecule has 1 aliphatic heterocycles. The van der Waals surface area contributed by atoms with Crippen LogP contribution in [0.5, 0.6) is 0 Å². The van der Waals surface area contributed by atoms with Gasteiger partial charge in [0.25, 0.3) is 0 Å². The number of aliphatic hydroxyl groups excluding tert-OH is 1. The van der Waals surface area contributed by atoms with E-state index in [0.29, 0.717) is 6.54 Å². The standard InChI is InChI=1S/C7H14N2O4S/c1-6-7(11)8-2-3-9(6)14(12,13)5-4-10/h6,10H,2-5H2,1H3,(H,8,11). The normalized spacial score (nSPS) is 24.7. The topological polar surface area (TPSA) is 86.7 Å². The van der Waals surface area contributed by atoms with E-state index in [1.54, 1.807) is 0 Å². The Balaban J connectivity index is 2.81. The highest BCUT2D eigenvalue weighted by Gasteiger charge is 2.33. The molecule has 1 saturated heterocycles. The summed E-state index contributed by atoms with van der Waals surface area (Å²) >= 11 is 0. The summed E-state index contributed by atoms with van der Waals surface area (Å²) in [7, 11) is -3.49. The lowest BCUT2D eigenvalue weighted by Gasteiger charge is -2.31. The van der Waals surface area contributed by atoms with E-state index in [-0.39, 0.29) is 18.2 Å². The Hall–Kier alpha value is -0.660. The monoisotopic (exact) mass is 222 g/mol. The lowest BCUT2D eigenvalue weighted by Crippen LogP contribution is -2.56. The van der Waals surface area contributed by atoms with Crippen molar-refractivity contribution < 1.29 is 18.3 Å². The van der Waals surface area contributed by atoms with Gasteiger partial charge in [0.05, 0.1) is 12.4 Å². The van der Waals surface area contributed by atoms with Crippen molar-refractivity contribution in [2.45, 2.75) is 13.0 Å². The van der Waals surface area contributed by atoms with Crippen LogP contribution in [-0.4, -0.2) is 55.2 Å². The predicted octanol–water partition coefficient (Wildman–Crippen LogP) is -1.87. The van der Waals surface area contributed by atoms with Crippen molar-refractivity contribution >= 4 is 15.9 Å². The van der Waals surface area contributed by atoms with Crippen LogP contribution < -0.4 is 5.32 Å². The van der Waals surface area contributed by atoms with Crippen LogP contribution in [0.4, 0.5) is 0 Å². The third-order valence-electron chi connectivity index (χ3n) is 2.15. The summed E-state index contributed by atoms with van der Waals surface area (Å²) in [6, 6.07) is -0.680. The second-order valence-electron chi connectivity index (χ2n) is 3.12. The van der Waals surface area contributed by atoms with Crippen molar-refractivity contribution in [2.24, 2.45) is 0 Å². The summed E-state index contributed by atoms with van der Waals surface area (Å²) in [6.45, 7) is 1.71. The number of nitrogens with one attached hydrogen (secondary N) is 1. The highest BCUT2D eigenvalue weighted by molar-refractivity contribution is 7.89. The highest BCUT2D eigenvalue weighted by Crippen LogP contribution is 2.10. The smallest absolute Gasteiger partial charge is 0.238 e. The number of carbonyl (C=O) groups is 1. The summed E-state index contributed by atoms with van der Waals surface area (Å²) < 4.78 is 24.2. The molecule has 6 nitrogen and oxygen atoms in total. The quantitative estimate of drug-likeness (QED) is 0.585. The van der Waals surface area contributed by atoms with Gasteiger partial charge in [-0.1, -0.05) is 0 Å². The van der Waals surface area contributed by atoms with E-state index in [9.17, 15) is 13.2 Å². The molecule has 0 aromatic heterocycles. The molecule has 1 fully saturated rings. The van der Waals surface area contributed by atoms with Gasteiger partial charge in [-0.25, -0.2) is 8.42 Å². The van der Waals surface area contributed by atoms with Gasteiger partial charge >= 0.3 is 0 Å². The highest BCUT2D eigenvalue weighted by atomic mass is 32.2. The van der Waals surface area contributed by atoms with E-state index in [2.05, 4.69) is 5.32 Å². The fraction of sp³-hybridized carbons (Fsp3) is 0.857. The van der Waals surface area contributed by atoms with E-state index in [1.807, 2.05) is 0 Å². The number of hydrogen-bond acceptors (Lipinski definition) is 4. The average Bonchev–Trinajstić information content (AvgIpc) is 2.09. The number of sulfonamides is 1. The second kappa shape index (κ2) is 4.24. The molecule has 0 saturated carbocycles. The molecule has 2 N–H and O–H groups in total. The minimum absolute atomic E-state index is 0.273. The first-order valence-corrected chi connectivity index (χ1v) is 5.98. The van der Waals surface area contributed by atoms with Gasteiger partial charge in [0.2, 0.25) is 15.9 Å². The first kappa shape index (κ1) is 11.4. The number of aliphatic hydroxyl groups is 1. The Morgan fingerprint density at radius 1 is 1.64 bits per heavy atom. The number of rotatable bonds is 3. The van der Waals surface area contributed by atoms with E-state index < -0.39 is 22.7 Å². The summed E-state index contributed by atoms with van der Waals surface area (Å²) in [4.78, 5) is 11.2. The molecule has 1 unspecified atom stereocenters. The van der Waals surface area contributed by atoms with Crippen LogP contribution in [0.2, 0.25) is 0 Å². The largest absolute Gasteiger partial charge is 0.395 e. The first-order valence-electron chi connectivity index (χ1n) is 4.37. The van der Waals surface area contributed by atoms with Crippen LogP contribution >= 0.6 is 0 Å². The molecule has 1 rings (SSSR count). The summed E-state index contributed by atoms with van der Waals surface area (Å²) in [5.41, 5.74) is 0. The summed E-state index contributed by atoms with van der Waals surface area (Å²) in [6.07, 6.45) is 0. The molecule has 82 valence electrons. The first-order chi connectivity index (χ1) is 6.49. The number of piperazine rings is 1. The van der Waals surface area contributed by atoms with Crippen molar-refractivity contribution in [3.63, 3.8) is 0 Å². The van der Waals surface area contributed by atoms with Crippen LogP contribution in [0.25, 0.3) is 0 Å². The minimum atomic E-state index is -3.49. The zero-order valence-electron chi connectivity index (χ0n) is 7.93. The lowest BCUT2D eigenvalue weighted by atomic mass is 10.2. The van der Waals surface area contributed by atoms with E-state index in [0.717, 1.165) is 4.31 Å². The third kappa shape index (κ3) is 2.23. The summed E-state index contributed by atoms with van der Waals surface area (Å²) in [5.74, 6) is -0.622. The average molecular weight is 222 g/mol. The number of carbonyl (C=O) groups excluding carboxylic acids is 1. The van der Waals surface area contributed by atoms with Gasteiger partial charge in [0.1, 0.15) is 6.04 Å². The Morgan fingerprint density at radius 3 is 2.86 bits per heavy atom. The summed E-state index contributed by atoms with van der Waals surface area (Å²) in [5, 5.41) is 11.1. The van der Waals surface area contributed by atoms with Crippen LogP contribution in [-0.2, 0) is 14.8 Å². The molecule has 0 bridgehead atoms. The number of nitrogens with zero attached hydrogens (tertiary/aromatic N) is 1. The van der Waals surface area contributed by atoms with Crippen molar-refractivity contribution in [1.82, 2.24) is 9.62 Å². The van der Waals surface area contributed by atoms with Gasteiger partial charge in [-0.05, 0) is 6.92 Å². The zero-order valence-corrected chi connectivity index (χ0v) is 8.75. The SMILES string of the molecule is CC1C(=O)NCCN1S(=O)(=O)CCO. The molecule has 0 aliphatic carbocycles. The lowest BCUT2D eigenvalue weighted by molar-refractivity contribution is -0.126. The third-order valence-corrected chi connectivity index (χ3v) is 4.06. The van der Waals surface area contributed by atoms with Gasteiger partial charge in [0, 0.05) is 13.1 Å². The van der Waals surface area contributed by atoms with Crippen molar-refractivity contribution in [3.8, 4) is 0 Å². The molecule has 1 heterocycles. The number of hydrogen-bond donors (Lipinski definition) is 2. The van der Waals surface area contributed by atoms with Crippen LogP contribution in [0.3, 0.4) is 0 Å².